The van der Waals surface area contributed by atoms with Crippen molar-refractivity contribution in [2.75, 3.05) is 26.2 Å². The SMILES string of the molecule is NCCCCC(NC(=O)NCCCCCCNC(=O)NC(CCCCN)C(=O)O)C(=O)O. The Balaban J connectivity index is 3.83. The summed E-state index contributed by atoms with van der Waals surface area (Å²) >= 11 is 0. The highest BCUT2D eigenvalue weighted by Crippen LogP contribution is 2.02. The maximum absolute atomic E-state index is 11.8. The van der Waals surface area contributed by atoms with Crippen LogP contribution in [0.4, 0.5) is 9.59 Å². The first-order chi connectivity index (χ1) is 15.3. The number of nitrogens with one attached hydrogen (secondary N) is 4. The van der Waals surface area contributed by atoms with Crippen LogP contribution < -0.4 is 32.7 Å². The molecule has 0 aromatic carbocycles. The molecular formula is C20H40N6O6. The first-order valence-electron chi connectivity index (χ1n) is 11.3. The maximum Gasteiger partial charge on any atom is 0.326 e. The highest BCUT2D eigenvalue weighted by Gasteiger charge is 2.19. The van der Waals surface area contributed by atoms with E-state index < -0.39 is 36.1 Å². The average Bonchev–Trinajstić information content (AvgIpc) is 2.74. The van der Waals surface area contributed by atoms with Gasteiger partial charge in [-0.15, -0.1) is 0 Å². The summed E-state index contributed by atoms with van der Waals surface area (Å²) < 4.78 is 0. The second-order valence-electron chi connectivity index (χ2n) is 7.57. The molecule has 0 aromatic rings. The van der Waals surface area contributed by atoms with Crippen LogP contribution in [0.2, 0.25) is 0 Å². The smallest absolute Gasteiger partial charge is 0.326 e. The zero-order valence-electron chi connectivity index (χ0n) is 18.7. The van der Waals surface area contributed by atoms with E-state index in [-0.39, 0.29) is 0 Å². The van der Waals surface area contributed by atoms with Crippen molar-refractivity contribution in [2.24, 2.45) is 11.5 Å². The molecule has 0 saturated carbocycles. The van der Waals surface area contributed by atoms with Gasteiger partial charge >= 0.3 is 24.0 Å². The van der Waals surface area contributed by atoms with Crippen molar-refractivity contribution >= 4 is 24.0 Å². The molecule has 0 radical (unpaired) electrons. The van der Waals surface area contributed by atoms with Gasteiger partial charge < -0.3 is 42.9 Å². The van der Waals surface area contributed by atoms with Crippen molar-refractivity contribution in [3.63, 3.8) is 0 Å². The minimum Gasteiger partial charge on any atom is -0.480 e. The van der Waals surface area contributed by atoms with Gasteiger partial charge in [-0.05, 0) is 64.5 Å². The molecule has 32 heavy (non-hydrogen) atoms. The summed E-state index contributed by atoms with van der Waals surface area (Å²) in [5, 5.41) is 28.4. The van der Waals surface area contributed by atoms with Crippen molar-refractivity contribution in [3.8, 4) is 0 Å². The van der Waals surface area contributed by atoms with Crippen LogP contribution in [0.3, 0.4) is 0 Å². The number of hydrogen-bond acceptors (Lipinski definition) is 6. The van der Waals surface area contributed by atoms with Gasteiger partial charge in [0.05, 0.1) is 0 Å². The minimum atomic E-state index is -1.07. The first kappa shape index (κ1) is 29.4. The third-order valence-corrected chi connectivity index (χ3v) is 4.78. The number of urea groups is 2. The van der Waals surface area contributed by atoms with Gasteiger partial charge in [-0.2, -0.15) is 0 Å². The van der Waals surface area contributed by atoms with Crippen LogP contribution in [0.5, 0.6) is 0 Å². The Bertz CT molecular complexity index is 515. The van der Waals surface area contributed by atoms with Crippen molar-refractivity contribution in [3.05, 3.63) is 0 Å². The molecular weight excluding hydrogens is 420 g/mol. The third-order valence-electron chi connectivity index (χ3n) is 4.78. The molecule has 10 N–H and O–H groups in total. The molecule has 186 valence electrons. The van der Waals surface area contributed by atoms with E-state index in [1.807, 2.05) is 0 Å². The van der Waals surface area contributed by atoms with Gasteiger partial charge in [0.15, 0.2) is 0 Å². The summed E-state index contributed by atoms with van der Waals surface area (Å²) in [6, 6.07) is -2.88. The zero-order valence-corrected chi connectivity index (χ0v) is 18.7. The fraction of sp³-hybridized carbons (Fsp3) is 0.800. The summed E-state index contributed by atoms with van der Waals surface area (Å²) in [4.78, 5) is 45.9. The lowest BCUT2D eigenvalue weighted by atomic mass is 10.1. The van der Waals surface area contributed by atoms with Crippen LogP contribution in [0, 0.1) is 0 Å². The van der Waals surface area contributed by atoms with Crippen LogP contribution in [-0.4, -0.2) is 72.5 Å². The summed E-state index contributed by atoms with van der Waals surface area (Å²) in [6.45, 7) is 1.80. The fourth-order valence-electron chi connectivity index (χ4n) is 2.93. The van der Waals surface area contributed by atoms with E-state index in [4.69, 9.17) is 21.7 Å². The molecule has 0 heterocycles. The molecule has 0 aliphatic rings. The van der Waals surface area contributed by atoms with E-state index in [0.717, 1.165) is 12.8 Å². The van der Waals surface area contributed by atoms with E-state index in [2.05, 4.69) is 21.3 Å². The minimum absolute atomic E-state index is 0.335. The molecule has 2 atom stereocenters. The number of carbonyl (C=O) groups excluding carboxylic acids is 2. The Kier molecular flexibility index (Phi) is 17.6. The van der Waals surface area contributed by atoms with Gasteiger partial charge in [0.1, 0.15) is 12.1 Å². The molecule has 12 heteroatoms. The van der Waals surface area contributed by atoms with E-state index in [1.54, 1.807) is 0 Å². The molecule has 0 saturated heterocycles. The number of carboxylic acids is 2. The van der Waals surface area contributed by atoms with E-state index in [1.165, 1.54) is 0 Å². The normalized spacial score (nSPS) is 12.4. The van der Waals surface area contributed by atoms with Crippen LogP contribution in [-0.2, 0) is 9.59 Å². The van der Waals surface area contributed by atoms with Gasteiger partial charge in [-0.3, -0.25) is 0 Å². The number of aliphatic carboxylic acids is 2. The second kappa shape index (κ2) is 19.1. The third kappa shape index (κ3) is 16.1. The standard InChI is InChI=1S/C20H40N6O6/c21-11-5-3-9-15(17(27)28)25-19(31)23-13-7-1-2-8-14-24-20(32)26-16(18(29)30)10-4-6-12-22/h15-16H,1-14,21-22H2,(H,27,28)(H,29,30)(H2,23,25,31)(H2,24,26,32). The van der Waals surface area contributed by atoms with Crippen molar-refractivity contribution in [2.45, 2.75) is 76.3 Å². The molecule has 0 aliphatic heterocycles. The van der Waals surface area contributed by atoms with Crippen LogP contribution in [0.1, 0.15) is 64.2 Å². The lowest BCUT2D eigenvalue weighted by Gasteiger charge is -2.15. The zero-order chi connectivity index (χ0) is 24.2. The lowest BCUT2D eigenvalue weighted by molar-refractivity contribution is -0.140. The van der Waals surface area contributed by atoms with Crippen LogP contribution in [0.15, 0.2) is 0 Å². The van der Waals surface area contributed by atoms with E-state index in [0.29, 0.717) is 77.5 Å². The lowest BCUT2D eigenvalue weighted by Crippen LogP contribution is -2.46. The highest BCUT2D eigenvalue weighted by atomic mass is 16.4. The Morgan fingerprint density at radius 3 is 1.28 bits per heavy atom. The number of carbonyl (C=O) groups is 4. The van der Waals surface area contributed by atoms with E-state index >= 15 is 0 Å². The predicted molar refractivity (Wildman–Crippen MR) is 120 cm³/mol. The molecule has 0 rings (SSSR count). The number of amides is 4. The Morgan fingerprint density at radius 1 is 0.594 bits per heavy atom. The number of unbranched alkanes of at least 4 members (excludes halogenated alkanes) is 5. The largest absolute Gasteiger partial charge is 0.480 e. The summed E-state index contributed by atoms with van der Waals surface area (Å²) in [7, 11) is 0. The molecule has 0 aliphatic carbocycles. The molecule has 12 nitrogen and oxygen atoms in total. The van der Waals surface area contributed by atoms with Gasteiger partial charge in [-0.25, -0.2) is 19.2 Å². The Hall–Kier alpha value is -2.60. The van der Waals surface area contributed by atoms with Gasteiger partial charge in [0.2, 0.25) is 0 Å². The molecule has 0 aromatic heterocycles. The monoisotopic (exact) mass is 460 g/mol. The molecule has 0 fully saturated rings. The summed E-state index contributed by atoms with van der Waals surface area (Å²) in [5.41, 5.74) is 10.8. The summed E-state index contributed by atoms with van der Waals surface area (Å²) in [6.07, 6.45) is 6.41. The first-order valence-corrected chi connectivity index (χ1v) is 11.3. The quantitative estimate of drug-likeness (QED) is 0.125. The fourth-order valence-corrected chi connectivity index (χ4v) is 2.93. The Morgan fingerprint density at radius 2 is 0.969 bits per heavy atom. The number of hydrogen-bond donors (Lipinski definition) is 8. The summed E-state index contributed by atoms with van der Waals surface area (Å²) in [5.74, 6) is -2.14. The topological polar surface area (TPSA) is 209 Å². The maximum atomic E-state index is 11.8. The average molecular weight is 461 g/mol. The van der Waals surface area contributed by atoms with Gasteiger partial charge in [-0.1, -0.05) is 12.8 Å². The number of rotatable bonds is 19. The molecule has 4 amide bonds. The van der Waals surface area contributed by atoms with Crippen LogP contribution >= 0.6 is 0 Å². The molecule has 0 bridgehead atoms. The van der Waals surface area contributed by atoms with E-state index in [9.17, 15) is 19.2 Å². The predicted octanol–water partition coefficient (Wildman–Crippen LogP) is 0.310. The van der Waals surface area contributed by atoms with Crippen LogP contribution in [0.25, 0.3) is 0 Å². The van der Waals surface area contributed by atoms with Crippen molar-refractivity contribution < 1.29 is 29.4 Å². The second-order valence-corrected chi connectivity index (χ2v) is 7.57. The molecule has 2 unspecified atom stereocenters. The number of nitrogens with two attached hydrogens (primary N) is 2. The number of carboxylic acid groups (broad SMARTS) is 2. The Labute approximate surface area is 189 Å². The van der Waals surface area contributed by atoms with Gasteiger partial charge in [0.25, 0.3) is 0 Å². The van der Waals surface area contributed by atoms with Crippen molar-refractivity contribution in [1.29, 1.82) is 0 Å². The molecule has 0 spiro atoms. The highest BCUT2D eigenvalue weighted by molar-refractivity contribution is 5.83. The van der Waals surface area contributed by atoms with Gasteiger partial charge in [0, 0.05) is 13.1 Å². The van der Waals surface area contributed by atoms with Crippen molar-refractivity contribution in [1.82, 2.24) is 21.3 Å².